The van der Waals surface area contributed by atoms with E-state index in [-0.39, 0.29) is 18.7 Å². The lowest BCUT2D eigenvalue weighted by molar-refractivity contribution is 0.0364. The van der Waals surface area contributed by atoms with Gasteiger partial charge in [-0.25, -0.2) is 0 Å². The minimum absolute atomic E-state index is 0.0765. The van der Waals surface area contributed by atoms with Gasteiger partial charge in [0.25, 0.3) is 0 Å². The number of para-hydroxylation sites is 2. The van der Waals surface area contributed by atoms with Crippen molar-refractivity contribution in [1.82, 2.24) is 9.88 Å². The van der Waals surface area contributed by atoms with Crippen LogP contribution < -0.4 is 14.2 Å². The summed E-state index contributed by atoms with van der Waals surface area (Å²) in [6, 6.07) is 24.3. The summed E-state index contributed by atoms with van der Waals surface area (Å²) < 4.78 is 17.0. The fourth-order valence-electron chi connectivity index (χ4n) is 5.18. The molecule has 4 aromatic rings. The van der Waals surface area contributed by atoms with Crippen molar-refractivity contribution in [1.29, 1.82) is 0 Å². The number of benzene rings is 3. The van der Waals surface area contributed by atoms with Crippen LogP contribution >= 0.6 is 0 Å². The van der Waals surface area contributed by atoms with Crippen LogP contribution in [0.25, 0.3) is 10.9 Å². The minimum atomic E-state index is -0.647. The maximum Gasteiger partial charge on any atom is 0.161 e. The van der Waals surface area contributed by atoms with Gasteiger partial charge in [-0.1, -0.05) is 42.5 Å². The predicted octanol–water partition coefficient (Wildman–Crippen LogP) is 4.96. The third-order valence-corrected chi connectivity index (χ3v) is 6.85. The molecule has 6 nitrogen and oxygen atoms in total. The normalized spacial score (nSPS) is 18.7. The highest BCUT2D eigenvalue weighted by atomic mass is 16.5. The van der Waals surface area contributed by atoms with E-state index in [0.29, 0.717) is 18.0 Å². The van der Waals surface area contributed by atoms with Crippen LogP contribution in [-0.4, -0.2) is 54.5 Å². The second-order valence-electron chi connectivity index (χ2n) is 9.11. The van der Waals surface area contributed by atoms with Crippen molar-refractivity contribution in [3.8, 4) is 17.2 Å². The van der Waals surface area contributed by atoms with E-state index in [1.54, 1.807) is 14.2 Å². The molecule has 3 atom stereocenters. The predicted molar refractivity (Wildman–Crippen MR) is 138 cm³/mol. The minimum Gasteiger partial charge on any atom is -0.493 e. The van der Waals surface area contributed by atoms with E-state index >= 15 is 0 Å². The van der Waals surface area contributed by atoms with E-state index in [4.69, 9.17) is 14.2 Å². The molecule has 6 heteroatoms. The average molecular weight is 473 g/mol. The van der Waals surface area contributed by atoms with Crippen molar-refractivity contribution in [2.45, 2.75) is 31.5 Å². The Bertz CT molecular complexity index is 1290. The Morgan fingerprint density at radius 3 is 2.49 bits per heavy atom. The Morgan fingerprint density at radius 2 is 1.71 bits per heavy atom. The first-order valence-corrected chi connectivity index (χ1v) is 12.0. The Hall–Kier alpha value is -3.48. The number of nitrogens with zero attached hydrogens (tertiary/aromatic N) is 1. The standard InChI is InChI=1S/C29H32N2O4/c1-19-15-24-23-11-7-8-12-25(23)30-28(24)29(20-13-14-26(33-2)27(16-20)34-3)31(19)17-21(32)18-35-22-9-5-4-6-10-22/h4-14,16,19,21,29-30,32H,15,17-18H2,1-3H3/t19-,21-,29+/m0/s1. The molecule has 1 aliphatic heterocycles. The smallest absolute Gasteiger partial charge is 0.161 e. The zero-order valence-electron chi connectivity index (χ0n) is 20.4. The molecule has 182 valence electrons. The molecule has 0 saturated heterocycles. The SMILES string of the molecule is COc1ccc([C@@H]2c3[nH]c4ccccc4c3C[C@H](C)N2C[C@H](O)COc2ccccc2)cc1OC. The van der Waals surface area contributed by atoms with Crippen LogP contribution in [0.15, 0.2) is 72.8 Å². The van der Waals surface area contributed by atoms with Gasteiger partial charge in [0.15, 0.2) is 11.5 Å². The zero-order chi connectivity index (χ0) is 24.4. The van der Waals surface area contributed by atoms with Gasteiger partial charge in [0, 0.05) is 29.2 Å². The van der Waals surface area contributed by atoms with Crippen molar-refractivity contribution in [2.75, 3.05) is 27.4 Å². The maximum atomic E-state index is 11.0. The first-order valence-electron chi connectivity index (χ1n) is 12.0. The van der Waals surface area contributed by atoms with Gasteiger partial charge >= 0.3 is 0 Å². The fraction of sp³-hybridized carbons (Fsp3) is 0.310. The Labute approximate surface area is 206 Å². The largest absolute Gasteiger partial charge is 0.493 e. The number of aromatic nitrogens is 1. The van der Waals surface area contributed by atoms with Crippen LogP contribution in [0.1, 0.15) is 29.8 Å². The van der Waals surface area contributed by atoms with Crippen molar-refractivity contribution in [3.63, 3.8) is 0 Å². The molecule has 2 heterocycles. The molecule has 1 aromatic heterocycles. The van der Waals surface area contributed by atoms with Gasteiger partial charge in [0.1, 0.15) is 18.5 Å². The van der Waals surface area contributed by atoms with Crippen molar-refractivity contribution in [2.24, 2.45) is 0 Å². The van der Waals surface area contributed by atoms with Crippen LogP contribution in [0.3, 0.4) is 0 Å². The summed E-state index contributed by atoms with van der Waals surface area (Å²) in [5.74, 6) is 2.14. The molecule has 0 amide bonds. The highest BCUT2D eigenvalue weighted by molar-refractivity contribution is 5.85. The van der Waals surface area contributed by atoms with E-state index in [1.807, 2.05) is 42.5 Å². The number of methoxy groups -OCH3 is 2. The van der Waals surface area contributed by atoms with Crippen LogP contribution in [0.2, 0.25) is 0 Å². The summed E-state index contributed by atoms with van der Waals surface area (Å²) in [5.41, 5.74) is 4.70. The Kier molecular flexibility index (Phi) is 6.66. The van der Waals surface area contributed by atoms with Crippen LogP contribution in [0, 0.1) is 0 Å². The van der Waals surface area contributed by atoms with E-state index in [0.717, 1.165) is 28.9 Å². The Balaban J connectivity index is 1.51. The molecule has 0 aliphatic carbocycles. The van der Waals surface area contributed by atoms with Gasteiger partial charge in [-0.05, 0) is 54.8 Å². The van der Waals surface area contributed by atoms with Gasteiger partial charge in [-0.2, -0.15) is 0 Å². The lowest BCUT2D eigenvalue weighted by atomic mass is 9.88. The van der Waals surface area contributed by atoms with Crippen LogP contribution in [0.4, 0.5) is 0 Å². The quantitative estimate of drug-likeness (QED) is 0.379. The number of nitrogens with one attached hydrogen (secondary N) is 1. The summed E-state index contributed by atoms with van der Waals surface area (Å²) in [6.45, 7) is 2.93. The lowest BCUT2D eigenvalue weighted by Gasteiger charge is -2.42. The summed E-state index contributed by atoms with van der Waals surface area (Å²) in [6.07, 6.45) is 0.251. The van der Waals surface area contributed by atoms with Crippen molar-refractivity contribution in [3.05, 3.63) is 89.6 Å². The number of H-pyrrole nitrogens is 1. The van der Waals surface area contributed by atoms with Crippen LogP contribution in [0.5, 0.6) is 17.2 Å². The molecule has 0 saturated carbocycles. The zero-order valence-corrected chi connectivity index (χ0v) is 20.4. The number of hydrogen-bond acceptors (Lipinski definition) is 5. The summed E-state index contributed by atoms with van der Waals surface area (Å²) in [7, 11) is 3.30. The molecule has 5 rings (SSSR count). The average Bonchev–Trinajstić information content (AvgIpc) is 3.26. The van der Waals surface area contributed by atoms with E-state index in [1.165, 1.54) is 10.9 Å². The molecule has 3 aromatic carbocycles. The molecule has 35 heavy (non-hydrogen) atoms. The molecular formula is C29H32N2O4. The third kappa shape index (κ3) is 4.59. The maximum absolute atomic E-state index is 11.0. The molecule has 0 fully saturated rings. The van der Waals surface area contributed by atoms with Crippen molar-refractivity contribution >= 4 is 10.9 Å². The number of rotatable bonds is 8. The van der Waals surface area contributed by atoms with Crippen LogP contribution in [-0.2, 0) is 6.42 Å². The van der Waals surface area contributed by atoms with E-state index < -0.39 is 6.10 Å². The number of fused-ring (bicyclic) bond motifs is 3. The number of aromatic amines is 1. The van der Waals surface area contributed by atoms with Gasteiger partial charge in [0.05, 0.1) is 20.3 Å². The monoisotopic (exact) mass is 472 g/mol. The molecule has 0 radical (unpaired) electrons. The Morgan fingerprint density at radius 1 is 0.971 bits per heavy atom. The second kappa shape index (κ2) is 10.0. The van der Waals surface area contributed by atoms with E-state index in [9.17, 15) is 5.11 Å². The number of hydrogen-bond donors (Lipinski definition) is 2. The van der Waals surface area contributed by atoms with Gasteiger partial charge in [-0.15, -0.1) is 0 Å². The first kappa shape index (κ1) is 23.3. The third-order valence-electron chi connectivity index (χ3n) is 6.85. The highest BCUT2D eigenvalue weighted by Gasteiger charge is 2.37. The molecule has 0 spiro atoms. The molecule has 1 aliphatic rings. The molecule has 0 bridgehead atoms. The van der Waals surface area contributed by atoms with Gasteiger partial charge < -0.3 is 24.3 Å². The second-order valence-corrected chi connectivity index (χ2v) is 9.11. The molecule has 2 N–H and O–H groups in total. The topological polar surface area (TPSA) is 67.0 Å². The van der Waals surface area contributed by atoms with E-state index in [2.05, 4.69) is 47.1 Å². The number of ether oxygens (including phenoxy) is 3. The van der Waals surface area contributed by atoms with Gasteiger partial charge in [-0.3, -0.25) is 4.90 Å². The fourth-order valence-corrected chi connectivity index (χ4v) is 5.18. The number of aliphatic hydroxyl groups is 1. The summed E-state index contributed by atoms with van der Waals surface area (Å²) in [4.78, 5) is 6.04. The molecule has 0 unspecified atom stereocenters. The molecular weight excluding hydrogens is 440 g/mol. The van der Waals surface area contributed by atoms with Gasteiger partial charge in [0.2, 0.25) is 0 Å². The highest BCUT2D eigenvalue weighted by Crippen LogP contribution is 2.42. The first-order chi connectivity index (χ1) is 17.1. The van der Waals surface area contributed by atoms with Crippen molar-refractivity contribution < 1.29 is 19.3 Å². The summed E-state index contributed by atoms with van der Waals surface area (Å²) >= 11 is 0. The number of aliphatic hydroxyl groups excluding tert-OH is 1. The number of β-amino-alcohol motifs (C(OH)–C–C–N with tert-alkyl or cyclic N) is 1. The summed E-state index contributed by atoms with van der Waals surface area (Å²) in [5, 5.41) is 12.3. The lowest BCUT2D eigenvalue weighted by Crippen LogP contribution is -2.47.